The minimum Gasteiger partial charge on any atom is -0.369 e. The molecule has 26 heavy (non-hydrogen) atoms. The van der Waals surface area contributed by atoms with Gasteiger partial charge in [0.15, 0.2) is 0 Å². The molecule has 2 aromatic rings. The van der Waals surface area contributed by atoms with E-state index in [1.54, 1.807) is 24.3 Å². The number of amides is 2. The largest absolute Gasteiger partial charge is 0.369 e. The van der Waals surface area contributed by atoms with E-state index >= 15 is 0 Å². The number of anilines is 2. The number of rotatable bonds is 5. The molecule has 0 saturated carbocycles. The molecule has 0 atom stereocenters. The Balaban J connectivity index is 1.54. The second kappa shape index (κ2) is 8.01. The Kier molecular flexibility index (Phi) is 5.53. The summed E-state index contributed by atoms with van der Waals surface area (Å²) >= 11 is 0. The van der Waals surface area contributed by atoms with Crippen molar-refractivity contribution in [1.29, 1.82) is 0 Å². The van der Waals surface area contributed by atoms with Crippen molar-refractivity contribution in [2.45, 2.75) is 6.92 Å². The maximum atomic E-state index is 12.3. The molecule has 0 spiro atoms. The lowest BCUT2D eigenvalue weighted by atomic mass is 10.1. The number of benzene rings is 2. The van der Waals surface area contributed by atoms with Crippen LogP contribution < -0.4 is 16.0 Å². The fourth-order valence-corrected chi connectivity index (χ4v) is 3.26. The van der Waals surface area contributed by atoms with Gasteiger partial charge in [-0.15, -0.1) is 0 Å². The summed E-state index contributed by atoms with van der Waals surface area (Å²) in [5, 5.41) is 2.80. The highest BCUT2D eigenvalue weighted by molar-refractivity contribution is 6.03. The highest BCUT2D eigenvalue weighted by Gasteiger charge is 2.20. The van der Waals surface area contributed by atoms with Gasteiger partial charge in [0.05, 0.1) is 17.8 Å². The number of hydrogen-bond acceptors (Lipinski definition) is 4. The van der Waals surface area contributed by atoms with Crippen LogP contribution >= 0.6 is 0 Å². The molecule has 0 aliphatic carbocycles. The summed E-state index contributed by atoms with van der Waals surface area (Å²) in [6, 6.07) is 15.1. The van der Waals surface area contributed by atoms with Gasteiger partial charge in [0.2, 0.25) is 5.91 Å². The predicted octanol–water partition coefficient (Wildman–Crippen LogP) is 1.85. The second-order valence-corrected chi connectivity index (χ2v) is 6.51. The zero-order chi connectivity index (χ0) is 18.5. The van der Waals surface area contributed by atoms with Crippen LogP contribution in [0.2, 0.25) is 0 Å². The summed E-state index contributed by atoms with van der Waals surface area (Å²) in [7, 11) is 0. The SMILES string of the molecule is Cc1ccccc1N1CCN(CC(=O)Nc2ccccc2C(N)=O)CC1. The summed E-state index contributed by atoms with van der Waals surface area (Å²) in [6.45, 7) is 5.82. The summed E-state index contributed by atoms with van der Waals surface area (Å²) in [5.74, 6) is -0.684. The second-order valence-electron chi connectivity index (χ2n) is 6.51. The number of aryl methyl sites for hydroxylation is 1. The van der Waals surface area contributed by atoms with Gasteiger partial charge >= 0.3 is 0 Å². The topological polar surface area (TPSA) is 78.7 Å². The van der Waals surface area contributed by atoms with E-state index in [9.17, 15) is 9.59 Å². The smallest absolute Gasteiger partial charge is 0.250 e. The minimum atomic E-state index is -0.548. The molecular formula is C20H24N4O2. The Morgan fingerprint density at radius 2 is 1.65 bits per heavy atom. The molecule has 2 amide bonds. The number of nitrogens with two attached hydrogens (primary N) is 1. The normalized spacial score (nSPS) is 14.9. The number of para-hydroxylation sites is 2. The summed E-state index contributed by atoms with van der Waals surface area (Å²) in [4.78, 5) is 28.3. The van der Waals surface area contributed by atoms with Crippen LogP contribution in [-0.2, 0) is 4.79 Å². The van der Waals surface area contributed by atoms with E-state index in [2.05, 4.69) is 40.2 Å². The van der Waals surface area contributed by atoms with Crippen molar-refractivity contribution in [2.24, 2.45) is 5.73 Å². The van der Waals surface area contributed by atoms with Crippen LogP contribution in [0.15, 0.2) is 48.5 Å². The third kappa shape index (κ3) is 4.21. The van der Waals surface area contributed by atoms with Crippen molar-refractivity contribution in [3.8, 4) is 0 Å². The average molecular weight is 352 g/mol. The molecule has 0 bridgehead atoms. The van der Waals surface area contributed by atoms with E-state index < -0.39 is 5.91 Å². The molecule has 2 aromatic carbocycles. The van der Waals surface area contributed by atoms with Crippen molar-refractivity contribution >= 4 is 23.2 Å². The van der Waals surface area contributed by atoms with Gasteiger partial charge in [-0.25, -0.2) is 0 Å². The highest BCUT2D eigenvalue weighted by atomic mass is 16.2. The van der Waals surface area contributed by atoms with E-state index in [1.807, 2.05) is 6.07 Å². The quantitative estimate of drug-likeness (QED) is 0.861. The van der Waals surface area contributed by atoms with Crippen LogP contribution in [0.4, 0.5) is 11.4 Å². The van der Waals surface area contributed by atoms with Crippen molar-refractivity contribution < 1.29 is 9.59 Å². The highest BCUT2D eigenvalue weighted by Crippen LogP contribution is 2.21. The first kappa shape index (κ1) is 17.9. The monoisotopic (exact) mass is 352 g/mol. The third-order valence-electron chi connectivity index (χ3n) is 4.66. The van der Waals surface area contributed by atoms with Gasteiger partial charge < -0.3 is 16.0 Å². The molecule has 1 fully saturated rings. The molecule has 0 aromatic heterocycles. The van der Waals surface area contributed by atoms with Gasteiger partial charge in [-0.2, -0.15) is 0 Å². The fourth-order valence-electron chi connectivity index (χ4n) is 3.26. The van der Waals surface area contributed by atoms with Crippen molar-refractivity contribution in [2.75, 3.05) is 42.9 Å². The van der Waals surface area contributed by atoms with Crippen molar-refractivity contribution in [1.82, 2.24) is 4.90 Å². The van der Waals surface area contributed by atoms with Crippen LogP contribution in [0, 0.1) is 6.92 Å². The van der Waals surface area contributed by atoms with Crippen molar-refractivity contribution in [3.63, 3.8) is 0 Å². The van der Waals surface area contributed by atoms with E-state index in [-0.39, 0.29) is 5.91 Å². The molecule has 1 saturated heterocycles. The Hall–Kier alpha value is -2.86. The van der Waals surface area contributed by atoms with Gasteiger partial charge in [-0.05, 0) is 30.7 Å². The third-order valence-corrected chi connectivity index (χ3v) is 4.66. The zero-order valence-corrected chi connectivity index (χ0v) is 14.9. The van der Waals surface area contributed by atoms with Gasteiger partial charge in [0, 0.05) is 31.9 Å². The van der Waals surface area contributed by atoms with Gasteiger partial charge in [0.25, 0.3) is 5.91 Å². The number of carbonyl (C=O) groups excluding carboxylic acids is 2. The average Bonchev–Trinajstić information content (AvgIpc) is 2.63. The minimum absolute atomic E-state index is 0.136. The van der Waals surface area contributed by atoms with Gasteiger partial charge in [-0.1, -0.05) is 30.3 Å². The van der Waals surface area contributed by atoms with E-state index in [4.69, 9.17) is 5.73 Å². The predicted molar refractivity (Wildman–Crippen MR) is 103 cm³/mol. The molecule has 1 heterocycles. The first-order valence-corrected chi connectivity index (χ1v) is 8.76. The number of primary amides is 1. The molecule has 6 heteroatoms. The molecular weight excluding hydrogens is 328 g/mol. The molecule has 6 nitrogen and oxygen atoms in total. The van der Waals surface area contributed by atoms with Crippen LogP contribution in [0.3, 0.4) is 0 Å². The van der Waals surface area contributed by atoms with E-state index in [0.29, 0.717) is 17.8 Å². The summed E-state index contributed by atoms with van der Waals surface area (Å²) in [5.41, 5.74) is 8.66. The molecule has 0 unspecified atom stereocenters. The number of nitrogens with zero attached hydrogens (tertiary/aromatic N) is 2. The molecule has 3 N–H and O–H groups in total. The van der Waals surface area contributed by atoms with E-state index in [1.165, 1.54) is 11.3 Å². The number of hydrogen-bond donors (Lipinski definition) is 2. The lowest BCUT2D eigenvalue weighted by Gasteiger charge is -2.36. The first-order chi connectivity index (χ1) is 12.5. The van der Waals surface area contributed by atoms with Crippen LogP contribution in [0.1, 0.15) is 15.9 Å². The molecule has 1 aliphatic rings. The fraction of sp³-hybridized carbons (Fsp3) is 0.300. The number of piperazine rings is 1. The summed E-state index contributed by atoms with van der Waals surface area (Å²) < 4.78 is 0. The molecule has 136 valence electrons. The summed E-state index contributed by atoms with van der Waals surface area (Å²) in [6.07, 6.45) is 0. The van der Waals surface area contributed by atoms with Crippen LogP contribution in [0.25, 0.3) is 0 Å². The lowest BCUT2D eigenvalue weighted by Crippen LogP contribution is -2.48. The maximum Gasteiger partial charge on any atom is 0.250 e. The standard InChI is InChI=1S/C20H24N4O2/c1-15-6-2-5-9-18(15)24-12-10-23(11-13-24)14-19(25)22-17-8-4-3-7-16(17)20(21)26/h2-9H,10-14H2,1H3,(H2,21,26)(H,22,25). The lowest BCUT2D eigenvalue weighted by molar-refractivity contribution is -0.117. The van der Waals surface area contributed by atoms with Gasteiger partial charge in [0.1, 0.15) is 0 Å². The maximum absolute atomic E-state index is 12.3. The molecule has 0 radical (unpaired) electrons. The Morgan fingerprint density at radius 1 is 1.00 bits per heavy atom. The number of nitrogens with one attached hydrogen (secondary N) is 1. The van der Waals surface area contributed by atoms with Gasteiger partial charge in [-0.3, -0.25) is 14.5 Å². The van der Waals surface area contributed by atoms with E-state index in [0.717, 1.165) is 26.2 Å². The molecule has 1 aliphatic heterocycles. The Morgan fingerprint density at radius 3 is 2.35 bits per heavy atom. The van der Waals surface area contributed by atoms with Crippen LogP contribution in [0.5, 0.6) is 0 Å². The molecule has 3 rings (SSSR count). The van der Waals surface area contributed by atoms with Crippen molar-refractivity contribution in [3.05, 3.63) is 59.7 Å². The first-order valence-electron chi connectivity index (χ1n) is 8.76. The number of carbonyl (C=O) groups is 2. The Labute approximate surface area is 153 Å². The van der Waals surface area contributed by atoms with Crippen LogP contribution in [-0.4, -0.2) is 49.4 Å². The Bertz CT molecular complexity index is 798. The zero-order valence-electron chi connectivity index (χ0n) is 14.9.